The Bertz CT molecular complexity index is 232. The van der Waals surface area contributed by atoms with Gasteiger partial charge in [-0.2, -0.15) is 0 Å². The zero-order valence-electron chi connectivity index (χ0n) is 7.21. The molecule has 0 unspecified atom stereocenters. The third kappa shape index (κ3) is 3.23. The first-order chi connectivity index (χ1) is 5.20. The molecule has 0 aliphatic carbocycles. The largest absolute Gasteiger partial charge is 0.292 e. The van der Waals surface area contributed by atoms with Crippen LogP contribution in [0.5, 0.6) is 0 Å². The standard InChI is InChI=1S/C5H6N2OS.C2H6/c1-3(8)5-7-6-4(2)9-5;1-2/h1-2H3;1-2H3. The summed E-state index contributed by atoms with van der Waals surface area (Å²) in [6, 6.07) is 0. The van der Waals surface area contributed by atoms with Crippen molar-refractivity contribution < 1.29 is 4.79 Å². The van der Waals surface area contributed by atoms with Gasteiger partial charge in [-0.15, -0.1) is 10.2 Å². The Hall–Kier alpha value is -0.770. The summed E-state index contributed by atoms with van der Waals surface area (Å²) in [4.78, 5) is 10.6. The van der Waals surface area contributed by atoms with Gasteiger partial charge in [0.25, 0.3) is 0 Å². The van der Waals surface area contributed by atoms with Crippen molar-refractivity contribution >= 4 is 17.1 Å². The Labute approximate surface area is 70.5 Å². The lowest BCUT2D eigenvalue weighted by atomic mass is 10.5. The second-order valence-corrected chi connectivity index (χ2v) is 2.86. The van der Waals surface area contributed by atoms with Crippen molar-refractivity contribution in [1.29, 1.82) is 0 Å². The molecule has 1 aromatic heterocycles. The highest BCUT2D eigenvalue weighted by Crippen LogP contribution is 2.07. The molecule has 0 aliphatic rings. The SMILES string of the molecule is CC.CC(=O)c1nnc(C)s1. The summed E-state index contributed by atoms with van der Waals surface area (Å²) in [6.45, 7) is 7.31. The van der Waals surface area contributed by atoms with E-state index < -0.39 is 0 Å². The fourth-order valence-corrected chi connectivity index (χ4v) is 1.03. The van der Waals surface area contributed by atoms with Crippen LogP contribution in [0.4, 0.5) is 0 Å². The van der Waals surface area contributed by atoms with Gasteiger partial charge in [0, 0.05) is 6.92 Å². The maximum Gasteiger partial charge on any atom is 0.190 e. The first-order valence-corrected chi connectivity index (χ1v) is 4.33. The Morgan fingerprint density at radius 1 is 1.36 bits per heavy atom. The van der Waals surface area contributed by atoms with Crippen molar-refractivity contribution in [3.8, 4) is 0 Å². The van der Waals surface area contributed by atoms with Gasteiger partial charge >= 0.3 is 0 Å². The molecule has 0 amide bonds. The molecule has 1 rings (SSSR count). The number of aromatic nitrogens is 2. The summed E-state index contributed by atoms with van der Waals surface area (Å²) in [5, 5.41) is 8.65. The average molecular weight is 172 g/mol. The summed E-state index contributed by atoms with van der Waals surface area (Å²) in [7, 11) is 0. The summed E-state index contributed by atoms with van der Waals surface area (Å²) < 4.78 is 0. The van der Waals surface area contributed by atoms with Crippen LogP contribution in [0.1, 0.15) is 35.6 Å². The van der Waals surface area contributed by atoms with Gasteiger partial charge in [0.15, 0.2) is 10.8 Å². The molecule has 1 aromatic rings. The predicted octanol–water partition coefficient (Wildman–Crippen LogP) is 2.08. The van der Waals surface area contributed by atoms with E-state index in [1.807, 2.05) is 20.8 Å². The van der Waals surface area contributed by atoms with Crippen molar-refractivity contribution in [2.75, 3.05) is 0 Å². The highest BCUT2D eigenvalue weighted by molar-refractivity contribution is 7.13. The molecule has 4 heteroatoms. The predicted molar refractivity (Wildman–Crippen MR) is 46.0 cm³/mol. The number of Topliss-reactive ketones (excluding diaryl/α,β-unsaturated/α-hetero) is 1. The quantitative estimate of drug-likeness (QED) is 0.609. The molecule has 0 saturated heterocycles. The van der Waals surface area contributed by atoms with Gasteiger partial charge in [-0.05, 0) is 6.92 Å². The number of ketones is 1. The van der Waals surface area contributed by atoms with Crippen LogP contribution in [-0.4, -0.2) is 16.0 Å². The molecule has 3 nitrogen and oxygen atoms in total. The van der Waals surface area contributed by atoms with Crippen LogP contribution in [0.2, 0.25) is 0 Å². The van der Waals surface area contributed by atoms with E-state index in [0.29, 0.717) is 5.01 Å². The number of rotatable bonds is 1. The molecule has 0 radical (unpaired) electrons. The van der Waals surface area contributed by atoms with Gasteiger partial charge in [-0.1, -0.05) is 25.2 Å². The highest BCUT2D eigenvalue weighted by atomic mass is 32.1. The minimum Gasteiger partial charge on any atom is -0.292 e. The van der Waals surface area contributed by atoms with E-state index in [1.165, 1.54) is 18.3 Å². The minimum atomic E-state index is -0.0133. The van der Waals surface area contributed by atoms with Gasteiger partial charge in [-0.25, -0.2) is 0 Å². The molecular weight excluding hydrogens is 160 g/mol. The van der Waals surface area contributed by atoms with E-state index in [2.05, 4.69) is 10.2 Å². The first kappa shape index (κ1) is 10.2. The average Bonchev–Trinajstić information content (AvgIpc) is 2.40. The maximum absolute atomic E-state index is 10.6. The normalized spacial score (nSPS) is 8.36. The summed E-state index contributed by atoms with van der Waals surface area (Å²) >= 11 is 1.32. The number of hydrogen-bond donors (Lipinski definition) is 0. The number of aryl methyl sites for hydroxylation is 1. The van der Waals surface area contributed by atoms with Crippen LogP contribution >= 0.6 is 11.3 Å². The smallest absolute Gasteiger partial charge is 0.190 e. The van der Waals surface area contributed by atoms with Crippen LogP contribution in [-0.2, 0) is 0 Å². The van der Waals surface area contributed by atoms with Gasteiger partial charge in [0.1, 0.15) is 5.01 Å². The van der Waals surface area contributed by atoms with Crippen molar-refractivity contribution in [3.05, 3.63) is 10.0 Å². The lowest BCUT2D eigenvalue weighted by Crippen LogP contribution is -1.88. The van der Waals surface area contributed by atoms with Gasteiger partial charge in [0.2, 0.25) is 0 Å². The van der Waals surface area contributed by atoms with Gasteiger partial charge in [-0.3, -0.25) is 4.79 Å². The number of nitrogens with zero attached hydrogens (tertiary/aromatic N) is 2. The van der Waals surface area contributed by atoms with Crippen molar-refractivity contribution in [2.45, 2.75) is 27.7 Å². The summed E-state index contributed by atoms with van der Waals surface area (Å²) in [6.07, 6.45) is 0. The van der Waals surface area contributed by atoms with E-state index in [-0.39, 0.29) is 5.78 Å². The second-order valence-electron chi connectivity index (χ2n) is 1.68. The van der Waals surface area contributed by atoms with Crippen molar-refractivity contribution in [2.24, 2.45) is 0 Å². The van der Waals surface area contributed by atoms with Gasteiger partial charge < -0.3 is 0 Å². The molecule has 1 heterocycles. The minimum absolute atomic E-state index is 0.0133. The van der Waals surface area contributed by atoms with Crippen LogP contribution in [0.15, 0.2) is 0 Å². The molecule has 62 valence electrons. The van der Waals surface area contributed by atoms with Crippen LogP contribution in [0.25, 0.3) is 0 Å². The van der Waals surface area contributed by atoms with Crippen LogP contribution in [0, 0.1) is 6.92 Å². The zero-order chi connectivity index (χ0) is 8.85. The fraction of sp³-hybridized carbons (Fsp3) is 0.571. The van der Waals surface area contributed by atoms with Crippen LogP contribution < -0.4 is 0 Å². The monoisotopic (exact) mass is 172 g/mol. The Morgan fingerprint density at radius 3 is 2.09 bits per heavy atom. The first-order valence-electron chi connectivity index (χ1n) is 3.51. The molecule has 0 spiro atoms. The van der Waals surface area contributed by atoms with Crippen molar-refractivity contribution in [3.63, 3.8) is 0 Å². The zero-order valence-corrected chi connectivity index (χ0v) is 8.03. The second kappa shape index (κ2) is 4.96. The maximum atomic E-state index is 10.6. The fourth-order valence-electron chi connectivity index (χ4n) is 0.439. The lowest BCUT2D eigenvalue weighted by molar-refractivity contribution is 0.101. The Morgan fingerprint density at radius 2 is 1.91 bits per heavy atom. The van der Waals surface area contributed by atoms with E-state index in [0.717, 1.165) is 5.01 Å². The topological polar surface area (TPSA) is 42.9 Å². The third-order valence-electron chi connectivity index (χ3n) is 0.827. The van der Waals surface area contributed by atoms with Crippen molar-refractivity contribution in [1.82, 2.24) is 10.2 Å². The molecular formula is C7H12N2OS. The lowest BCUT2D eigenvalue weighted by Gasteiger charge is -1.76. The van der Waals surface area contributed by atoms with E-state index in [4.69, 9.17) is 0 Å². The summed E-state index contributed by atoms with van der Waals surface area (Å²) in [5.74, 6) is -0.0133. The number of hydrogen-bond acceptors (Lipinski definition) is 4. The summed E-state index contributed by atoms with van der Waals surface area (Å²) in [5.41, 5.74) is 0. The number of carbonyl (C=O) groups is 1. The molecule has 0 aromatic carbocycles. The Kier molecular flexibility index (Phi) is 4.61. The molecule has 0 saturated carbocycles. The molecule has 0 fully saturated rings. The molecule has 11 heavy (non-hydrogen) atoms. The molecule has 0 atom stereocenters. The molecule has 0 aliphatic heterocycles. The Balaban J connectivity index is 0.000000461. The highest BCUT2D eigenvalue weighted by Gasteiger charge is 2.03. The third-order valence-corrected chi connectivity index (χ3v) is 1.77. The van der Waals surface area contributed by atoms with E-state index >= 15 is 0 Å². The van der Waals surface area contributed by atoms with Gasteiger partial charge in [0.05, 0.1) is 0 Å². The van der Waals surface area contributed by atoms with E-state index in [1.54, 1.807) is 0 Å². The van der Waals surface area contributed by atoms with Crippen LogP contribution in [0.3, 0.4) is 0 Å². The van der Waals surface area contributed by atoms with E-state index in [9.17, 15) is 4.79 Å². The molecule has 0 N–H and O–H groups in total. The molecule has 0 bridgehead atoms. The number of carbonyl (C=O) groups excluding carboxylic acids is 1.